The second-order valence-corrected chi connectivity index (χ2v) is 7.97. The van der Waals surface area contributed by atoms with Crippen molar-refractivity contribution < 1.29 is 9.59 Å². The van der Waals surface area contributed by atoms with Gasteiger partial charge in [-0.15, -0.1) is 0 Å². The van der Waals surface area contributed by atoms with Gasteiger partial charge in [0.25, 0.3) is 0 Å². The van der Waals surface area contributed by atoms with Crippen LogP contribution < -0.4 is 5.32 Å². The monoisotopic (exact) mass is 306 g/mol. The predicted octanol–water partition coefficient (Wildman–Crippen LogP) is 2.40. The maximum atomic E-state index is 12.9. The van der Waals surface area contributed by atoms with Crippen LogP contribution in [0.25, 0.3) is 0 Å². The summed E-state index contributed by atoms with van der Waals surface area (Å²) in [6.07, 6.45) is 2.09. The zero-order chi connectivity index (χ0) is 15.2. The smallest absolute Gasteiger partial charge is 0.246 e. The van der Waals surface area contributed by atoms with Gasteiger partial charge in [0.05, 0.1) is 0 Å². The van der Waals surface area contributed by atoms with Crippen LogP contribution in [0.3, 0.4) is 0 Å². The molecule has 1 aliphatic carbocycles. The van der Waals surface area contributed by atoms with Crippen LogP contribution >= 0.6 is 11.3 Å². The molecule has 21 heavy (non-hydrogen) atoms. The lowest BCUT2D eigenvalue weighted by atomic mass is 9.83. The van der Waals surface area contributed by atoms with Crippen molar-refractivity contribution in [3.8, 4) is 0 Å². The average Bonchev–Trinajstić information content (AvgIpc) is 3.08. The van der Waals surface area contributed by atoms with E-state index in [1.807, 2.05) is 37.1 Å². The Bertz CT molecular complexity index is 543. The van der Waals surface area contributed by atoms with Gasteiger partial charge in [-0.2, -0.15) is 11.3 Å². The van der Waals surface area contributed by atoms with E-state index in [-0.39, 0.29) is 23.3 Å². The Morgan fingerprint density at radius 2 is 2.05 bits per heavy atom. The second-order valence-electron chi connectivity index (χ2n) is 7.19. The second kappa shape index (κ2) is 5.13. The van der Waals surface area contributed by atoms with E-state index in [0.717, 1.165) is 18.4 Å². The van der Waals surface area contributed by atoms with Crippen molar-refractivity contribution in [2.24, 2.45) is 11.3 Å². The lowest BCUT2D eigenvalue weighted by Gasteiger charge is -2.43. The summed E-state index contributed by atoms with van der Waals surface area (Å²) < 4.78 is 0. The van der Waals surface area contributed by atoms with Gasteiger partial charge in [-0.25, -0.2) is 0 Å². The number of nitrogens with one attached hydrogen (secondary N) is 1. The summed E-state index contributed by atoms with van der Waals surface area (Å²) in [6.45, 7) is 6.53. The van der Waals surface area contributed by atoms with E-state index >= 15 is 0 Å². The minimum Gasteiger partial charge on any atom is -0.342 e. The highest BCUT2D eigenvalue weighted by Gasteiger charge is 2.50. The van der Waals surface area contributed by atoms with Gasteiger partial charge in [-0.05, 0) is 46.6 Å². The zero-order valence-corrected chi connectivity index (χ0v) is 13.6. The van der Waals surface area contributed by atoms with Crippen LogP contribution in [-0.4, -0.2) is 28.8 Å². The fraction of sp³-hybridized carbons (Fsp3) is 0.625. The maximum Gasteiger partial charge on any atom is 0.246 e. The van der Waals surface area contributed by atoms with Gasteiger partial charge in [0.15, 0.2) is 0 Å². The summed E-state index contributed by atoms with van der Waals surface area (Å²) in [6, 6.07) is 1.31. The number of thiophene rings is 1. The number of amides is 2. The van der Waals surface area contributed by atoms with Crippen LogP contribution in [0, 0.1) is 11.3 Å². The Labute approximate surface area is 129 Å². The lowest BCUT2D eigenvalue weighted by Crippen LogP contribution is -2.66. The van der Waals surface area contributed by atoms with Gasteiger partial charge < -0.3 is 10.2 Å². The molecule has 0 spiro atoms. The highest BCUT2D eigenvalue weighted by molar-refractivity contribution is 7.07. The highest BCUT2D eigenvalue weighted by atomic mass is 32.1. The molecule has 1 aromatic rings. The van der Waals surface area contributed by atoms with E-state index < -0.39 is 6.04 Å². The molecule has 4 nitrogen and oxygen atoms in total. The molecule has 1 saturated heterocycles. The van der Waals surface area contributed by atoms with Gasteiger partial charge in [-0.1, -0.05) is 20.8 Å². The van der Waals surface area contributed by atoms with Gasteiger partial charge in [0, 0.05) is 6.54 Å². The third-order valence-corrected chi connectivity index (χ3v) is 5.02. The van der Waals surface area contributed by atoms with Crippen LogP contribution in [0.2, 0.25) is 0 Å². The first-order valence-corrected chi connectivity index (χ1v) is 8.44. The number of hydrogen-bond acceptors (Lipinski definition) is 3. The lowest BCUT2D eigenvalue weighted by molar-refractivity contribution is -0.154. The number of nitrogens with zero attached hydrogens (tertiary/aromatic N) is 1. The molecule has 3 rings (SSSR count). The Kier molecular flexibility index (Phi) is 3.56. The van der Waals surface area contributed by atoms with Gasteiger partial charge in [0.2, 0.25) is 11.8 Å². The Morgan fingerprint density at radius 1 is 1.33 bits per heavy atom. The molecule has 2 amide bonds. The molecule has 1 saturated carbocycles. The van der Waals surface area contributed by atoms with E-state index in [4.69, 9.17) is 0 Å². The maximum absolute atomic E-state index is 12.9. The van der Waals surface area contributed by atoms with Crippen LogP contribution in [0.15, 0.2) is 16.8 Å². The molecule has 1 aromatic heterocycles. The molecule has 2 heterocycles. The molecule has 1 aliphatic heterocycles. The van der Waals surface area contributed by atoms with E-state index in [0.29, 0.717) is 12.5 Å². The normalized spacial score (nSPS) is 26.9. The van der Waals surface area contributed by atoms with Crippen molar-refractivity contribution in [3.05, 3.63) is 22.4 Å². The number of rotatable bonds is 3. The number of piperazine rings is 1. The molecule has 2 fully saturated rings. The molecule has 0 bridgehead atoms. The zero-order valence-electron chi connectivity index (χ0n) is 12.8. The number of carbonyl (C=O) groups is 2. The first-order chi connectivity index (χ1) is 9.88. The SMILES string of the molecule is CC(C)(C)C1NC(=O)C(C2CC2)N(Cc2ccsc2)C1=O. The van der Waals surface area contributed by atoms with Crippen LogP contribution in [0.1, 0.15) is 39.2 Å². The minimum atomic E-state index is -0.432. The molecule has 0 radical (unpaired) electrons. The number of hydrogen-bond donors (Lipinski definition) is 1. The van der Waals surface area contributed by atoms with Crippen LogP contribution in [0.4, 0.5) is 0 Å². The molecule has 1 N–H and O–H groups in total. The van der Waals surface area contributed by atoms with Crippen molar-refractivity contribution >= 4 is 23.2 Å². The van der Waals surface area contributed by atoms with Crippen molar-refractivity contribution in [1.82, 2.24) is 10.2 Å². The first kappa shape index (κ1) is 14.6. The topological polar surface area (TPSA) is 49.4 Å². The van der Waals surface area contributed by atoms with E-state index in [1.54, 1.807) is 11.3 Å². The van der Waals surface area contributed by atoms with Crippen molar-refractivity contribution in [1.29, 1.82) is 0 Å². The molecular weight excluding hydrogens is 284 g/mol. The Balaban J connectivity index is 1.89. The summed E-state index contributed by atoms with van der Waals surface area (Å²) in [5, 5.41) is 7.02. The summed E-state index contributed by atoms with van der Waals surface area (Å²) >= 11 is 1.62. The molecular formula is C16H22N2O2S. The first-order valence-electron chi connectivity index (χ1n) is 7.50. The summed E-state index contributed by atoms with van der Waals surface area (Å²) in [5.74, 6) is 0.422. The molecule has 114 valence electrons. The van der Waals surface area contributed by atoms with Crippen molar-refractivity contribution in [3.63, 3.8) is 0 Å². The quantitative estimate of drug-likeness (QED) is 0.932. The third-order valence-electron chi connectivity index (χ3n) is 4.29. The van der Waals surface area contributed by atoms with Crippen molar-refractivity contribution in [2.75, 3.05) is 0 Å². The fourth-order valence-corrected chi connectivity index (χ4v) is 3.62. The molecule has 5 heteroatoms. The largest absolute Gasteiger partial charge is 0.342 e. The van der Waals surface area contributed by atoms with Gasteiger partial charge >= 0.3 is 0 Å². The standard InChI is InChI=1S/C16H22N2O2S/c1-16(2,3)13-15(20)18(8-10-6-7-21-9-10)12(11-4-5-11)14(19)17-13/h6-7,9,11-13H,4-5,8H2,1-3H3,(H,17,19). The highest BCUT2D eigenvalue weighted by Crippen LogP contribution is 2.39. The van der Waals surface area contributed by atoms with E-state index in [2.05, 4.69) is 10.7 Å². The van der Waals surface area contributed by atoms with Crippen molar-refractivity contribution in [2.45, 2.75) is 52.2 Å². The van der Waals surface area contributed by atoms with Crippen LogP contribution in [-0.2, 0) is 16.1 Å². The summed E-state index contributed by atoms with van der Waals surface area (Å²) in [7, 11) is 0. The Morgan fingerprint density at radius 3 is 2.57 bits per heavy atom. The molecule has 2 aliphatic rings. The van der Waals surface area contributed by atoms with Gasteiger partial charge in [-0.3, -0.25) is 9.59 Å². The van der Waals surface area contributed by atoms with E-state index in [1.165, 1.54) is 0 Å². The van der Waals surface area contributed by atoms with E-state index in [9.17, 15) is 9.59 Å². The minimum absolute atomic E-state index is 0.0206. The fourth-order valence-electron chi connectivity index (χ4n) is 2.96. The summed E-state index contributed by atoms with van der Waals surface area (Å²) in [5.41, 5.74) is 0.843. The van der Waals surface area contributed by atoms with Gasteiger partial charge in [0.1, 0.15) is 12.1 Å². The number of carbonyl (C=O) groups excluding carboxylic acids is 2. The summed E-state index contributed by atoms with van der Waals surface area (Å²) in [4.78, 5) is 27.2. The third kappa shape index (κ3) is 2.84. The van der Waals surface area contributed by atoms with Crippen LogP contribution in [0.5, 0.6) is 0 Å². The molecule has 2 unspecified atom stereocenters. The molecule has 2 atom stereocenters. The average molecular weight is 306 g/mol. The molecule has 0 aromatic carbocycles. The Hall–Kier alpha value is -1.36. The predicted molar refractivity (Wildman–Crippen MR) is 82.8 cm³/mol.